The van der Waals surface area contributed by atoms with E-state index in [0.717, 1.165) is 12.8 Å². The molecule has 0 bridgehead atoms. The number of aliphatic hydroxyl groups excluding tert-OH is 1. The molecule has 2 unspecified atom stereocenters. The van der Waals surface area contributed by atoms with Crippen molar-refractivity contribution in [2.75, 3.05) is 13.7 Å². The topological polar surface area (TPSA) is 85.2 Å². The Morgan fingerprint density at radius 1 is 1.54 bits per heavy atom. The molecule has 24 heavy (non-hydrogen) atoms. The highest BCUT2D eigenvalue weighted by molar-refractivity contribution is 6.24. The highest BCUT2D eigenvalue weighted by atomic mass is 16.6. The molecule has 2 aliphatic carbocycles. The summed E-state index contributed by atoms with van der Waals surface area (Å²) in [6, 6.07) is 0. The Hall–Kier alpha value is -2.11. The third-order valence-electron chi connectivity index (χ3n) is 4.86. The van der Waals surface area contributed by atoms with Gasteiger partial charge in [-0.1, -0.05) is 37.6 Å². The van der Waals surface area contributed by atoms with Crippen molar-refractivity contribution in [3.8, 4) is 0 Å². The third-order valence-corrected chi connectivity index (χ3v) is 4.86. The number of hydrogen-bond donors (Lipinski definition) is 1. The summed E-state index contributed by atoms with van der Waals surface area (Å²) < 4.78 is 4.92. The minimum atomic E-state index is -0.932. The molecule has 0 amide bonds. The summed E-state index contributed by atoms with van der Waals surface area (Å²) in [6.45, 7) is 5.74. The fraction of sp³-hybridized carbons (Fsp3) is 0.611. The molecule has 2 rings (SSSR count). The number of esters is 1. The number of methoxy groups -OCH3 is 1. The van der Waals surface area contributed by atoms with Gasteiger partial charge in [-0.2, -0.15) is 0 Å². The largest absolute Gasteiger partial charge is 0.511 e. The van der Waals surface area contributed by atoms with E-state index in [1.54, 1.807) is 6.08 Å². The summed E-state index contributed by atoms with van der Waals surface area (Å²) in [4.78, 5) is 30.2. The molecule has 0 aliphatic heterocycles. The first-order valence-corrected chi connectivity index (χ1v) is 8.36. The summed E-state index contributed by atoms with van der Waals surface area (Å²) in [7, 11) is 1.32. The first-order valence-electron chi connectivity index (χ1n) is 8.36. The van der Waals surface area contributed by atoms with E-state index in [9.17, 15) is 14.7 Å². The summed E-state index contributed by atoms with van der Waals surface area (Å²) >= 11 is 0. The van der Waals surface area contributed by atoms with Gasteiger partial charge in [-0.3, -0.25) is 9.59 Å². The predicted molar refractivity (Wildman–Crippen MR) is 89.6 cm³/mol. The molecule has 0 aromatic carbocycles. The van der Waals surface area contributed by atoms with Crippen molar-refractivity contribution in [3.63, 3.8) is 0 Å². The molecule has 0 spiro atoms. The van der Waals surface area contributed by atoms with Crippen LogP contribution in [0.2, 0.25) is 0 Å². The maximum atomic E-state index is 12.7. The summed E-state index contributed by atoms with van der Waals surface area (Å²) in [6.07, 6.45) is 4.87. The Balaban J connectivity index is 2.44. The molecule has 1 saturated carbocycles. The van der Waals surface area contributed by atoms with Gasteiger partial charge in [0.25, 0.3) is 0 Å². The smallest absolute Gasteiger partial charge is 0.313 e. The van der Waals surface area contributed by atoms with Gasteiger partial charge in [-0.15, -0.1) is 0 Å². The van der Waals surface area contributed by atoms with Crippen LogP contribution in [0.15, 0.2) is 29.1 Å². The van der Waals surface area contributed by atoms with E-state index >= 15 is 0 Å². The minimum Gasteiger partial charge on any atom is -0.511 e. The number of fused-ring (bicyclic) bond motifs is 1. The van der Waals surface area contributed by atoms with E-state index in [-0.39, 0.29) is 36.1 Å². The molecule has 1 fully saturated rings. The lowest BCUT2D eigenvalue weighted by Crippen LogP contribution is -2.44. The molecule has 1 N–H and O–H groups in total. The van der Waals surface area contributed by atoms with Crippen LogP contribution in [-0.2, 0) is 19.2 Å². The van der Waals surface area contributed by atoms with E-state index in [1.165, 1.54) is 7.11 Å². The van der Waals surface area contributed by atoms with Crippen LogP contribution in [0.4, 0.5) is 0 Å². The second kappa shape index (κ2) is 7.64. The number of Topliss-reactive ketones (excluding diaryl/α,β-unsaturated/α-hetero) is 1. The van der Waals surface area contributed by atoms with Crippen LogP contribution < -0.4 is 0 Å². The van der Waals surface area contributed by atoms with E-state index in [0.29, 0.717) is 25.0 Å². The number of nitrogens with zero attached hydrogens (tertiary/aromatic N) is 1. The van der Waals surface area contributed by atoms with Gasteiger partial charge >= 0.3 is 5.97 Å². The van der Waals surface area contributed by atoms with Crippen molar-refractivity contribution >= 4 is 17.5 Å². The summed E-state index contributed by atoms with van der Waals surface area (Å²) in [5, 5.41) is 14.8. The van der Waals surface area contributed by atoms with E-state index in [2.05, 4.69) is 11.7 Å². The van der Waals surface area contributed by atoms with Crippen molar-refractivity contribution in [2.45, 2.75) is 45.4 Å². The number of ether oxygens (including phenoxy) is 1. The molecule has 2 atom stereocenters. The van der Waals surface area contributed by atoms with Crippen molar-refractivity contribution in [1.29, 1.82) is 0 Å². The second-order valence-electron chi connectivity index (χ2n) is 6.33. The molecule has 6 nitrogen and oxygen atoms in total. The summed E-state index contributed by atoms with van der Waals surface area (Å²) in [5.74, 6) is -1.12. The fourth-order valence-electron chi connectivity index (χ4n) is 3.82. The van der Waals surface area contributed by atoms with Crippen molar-refractivity contribution in [2.24, 2.45) is 16.5 Å². The Kier molecular flexibility index (Phi) is 5.80. The average molecular weight is 335 g/mol. The number of allylic oxidation sites excluding steroid dienone is 2. The maximum absolute atomic E-state index is 12.7. The molecular formula is C18H25NO5. The van der Waals surface area contributed by atoms with Gasteiger partial charge in [-0.25, -0.2) is 0 Å². The first kappa shape index (κ1) is 18.2. The molecule has 0 aromatic rings. The van der Waals surface area contributed by atoms with Gasteiger partial charge in [0.15, 0.2) is 5.78 Å². The predicted octanol–water partition coefficient (Wildman–Crippen LogP) is 3.09. The zero-order valence-corrected chi connectivity index (χ0v) is 14.3. The SMILES string of the molecule is C=CCON=C(CCC)C1=C(O)C2CCCC2(C(=O)OC)CC1=O. The quantitative estimate of drug-likeness (QED) is 0.254. The normalized spacial score (nSPS) is 27.0. The molecule has 0 radical (unpaired) electrons. The molecule has 0 heterocycles. The number of aliphatic hydroxyl groups is 1. The zero-order chi connectivity index (χ0) is 17.7. The molecule has 132 valence electrons. The van der Waals surface area contributed by atoms with Crippen LogP contribution in [0.1, 0.15) is 45.4 Å². The van der Waals surface area contributed by atoms with Gasteiger partial charge < -0.3 is 14.7 Å². The first-order chi connectivity index (χ1) is 11.5. The van der Waals surface area contributed by atoms with Crippen molar-refractivity contribution in [1.82, 2.24) is 0 Å². The van der Waals surface area contributed by atoms with Crippen LogP contribution in [0, 0.1) is 11.3 Å². The van der Waals surface area contributed by atoms with Crippen LogP contribution in [0.3, 0.4) is 0 Å². The van der Waals surface area contributed by atoms with Gasteiger partial charge in [0.1, 0.15) is 12.4 Å². The fourth-order valence-corrected chi connectivity index (χ4v) is 3.82. The number of carbonyl (C=O) groups is 2. The lowest BCUT2D eigenvalue weighted by atomic mass is 9.67. The molecule has 2 aliphatic rings. The minimum absolute atomic E-state index is 0.0384. The van der Waals surface area contributed by atoms with Crippen LogP contribution in [0.25, 0.3) is 0 Å². The lowest BCUT2D eigenvalue weighted by molar-refractivity contribution is -0.158. The Morgan fingerprint density at radius 2 is 2.29 bits per heavy atom. The number of hydrogen-bond acceptors (Lipinski definition) is 6. The van der Waals surface area contributed by atoms with Gasteiger partial charge in [-0.05, 0) is 19.3 Å². The average Bonchev–Trinajstić information content (AvgIpc) is 2.99. The Morgan fingerprint density at radius 3 is 2.92 bits per heavy atom. The maximum Gasteiger partial charge on any atom is 0.313 e. The highest BCUT2D eigenvalue weighted by Crippen LogP contribution is 2.53. The molecule has 0 saturated heterocycles. The molecular weight excluding hydrogens is 310 g/mol. The van der Waals surface area contributed by atoms with Crippen molar-refractivity contribution in [3.05, 3.63) is 24.0 Å². The molecule has 6 heteroatoms. The second-order valence-corrected chi connectivity index (χ2v) is 6.33. The number of carbonyl (C=O) groups excluding carboxylic acids is 2. The number of rotatable bonds is 7. The lowest BCUT2D eigenvalue weighted by Gasteiger charge is -2.36. The van der Waals surface area contributed by atoms with Gasteiger partial charge in [0.05, 0.1) is 23.8 Å². The molecule has 0 aromatic heterocycles. The standard InChI is InChI=1S/C18H25NO5/c1-4-7-13(19-24-10-5-2)15-14(20)11-18(17(22)23-3)9-6-8-12(18)16(15)21/h5,12,21H,2,4,6-11H2,1,3H3. The zero-order valence-electron chi connectivity index (χ0n) is 14.3. The van der Waals surface area contributed by atoms with Crippen LogP contribution in [-0.4, -0.2) is 36.3 Å². The van der Waals surface area contributed by atoms with Gasteiger partial charge in [0.2, 0.25) is 0 Å². The monoisotopic (exact) mass is 335 g/mol. The van der Waals surface area contributed by atoms with Crippen LogP contribution in [0.5, 0.6) is 0 Å². The van der Waals surface area contributed by atoms with Gasteiger partial charge in [0, 0.05) is 12.3 Å². The van der Waals surface area contributed by atoms with E-state index in [4.69, 9.17) is 9.57 Å². The number of ketones is 1. The number of oxime groups is 1. The van der Waals surface area contributed by atoms with Crippen molar-refractivity contribution < 1.29 is 24.3 Å². The Labute approximate surface area is 142 Å². The Bertz CT molecular complexity index is 592. The van der Waals surface area contributed by atoms with E-state index in [1.807, 2.05) is 6.92 Å². The van der Waals surface area contributed by atoms with Crippen LogP contribution >= 0.6 is 0 Å². The third kappa shape index (κ3) is 3.09. The van der Waals surface area contributed by atoms with E-state index < -0.39 is 11.4 Å². The highest BCUT2D eigenvalue weighted by Gasteiger charge is 2.56. The summed E-state index contributed by atoms with van der Waals surface area (Å²) in [5.41, 5.74) is -0.279.